The van der Waals surface area contributed by atoms with Crippen molar-refractivity contribution in [3.63, 3.8) is 0 Å². The molecule has 6 nitrogen and oxygen atoms in total. The average Bonchev–Trinajstić information content (AvgIpc) is 3.44. The van der Waals surface area contributed by atoms with Gasteiger partial charge in [-0.05, 0) is 96.3 Å². The van der Waals surface area contributed by atoms with E-state index in [4.69, 9.17) is 14.2 Å². The van der Waals surface area contributed by atoms with E-state index in [1.807, 2.05) is 0 Å². The first kappa shape index (κ1) is 74.3. The third-order valence-electron chi connectivity index (χ3n) is 14.3. The number of carbonyl (C=O) groups is 3. The summed E-state index contributed by atoms with van der Waals surface area (Å²) in [5.41, 5.74) is 0. The fourth-order valence-electron chi connectivity index (χ4n) is 9.43. The van der Waals surface area contributed by atoms with Gasteiger partial charge in [-0.2, -0.15) is 0 Å². The van der Waals surface area contributed by atoms with Crippen LogP contribution in [0.2, 0.25) is 0 Å². The molecule has 1 atom stereocenters. The van der Waals surface area contributed by atoms with E-state index < -0.39 is 6.10 Å². The molecular formula is C72H124O6. The van der Waals surface area contributed by atoms with Gasteiger partial charge in [-0.15, -0.1) is 0 Å². The van der Waals surface area contributed by atoms with Gasteiger partial charge < -0.3 is 14.2 Å². The molecule has 0 saturated heterocycles. The highest BCUT2D eigenvalue weighted by molar-refractivity contribution is 5.71. The Morgan fingerprint density at radius 2 is 0.500 bits per heavy atom. The lowest BCUT2D eigenvalue weighted by atomic mass is 10.0. The van der Waals surface area contributed by atoms with Crippen molar-refractivity contribution in [2.75, 3.05) is 13.2 Å². The van der Waals surface area contributed by atoms with E-state index in [0.717, 1.165) is 128 Å². The summed E-state index contributed by atoms with van der Waals surface area (Å²) in [5.74, 6) is -0.886. The molecule has 0 aromatic carbocycles. The fourth-order valence-corrected chi connectivity index (χ4v) is 9.43. The van der Waals surface area contributed by atoms with Crippen LogP contribution in [0.4, 0.5) is 0 Å². The van der Waals surface area contributed by atoms with Crippen LogP contribution >= 0.6 is 0 Å². The van der Waals surface area contributed by atoms with Crippen molar-refractivity contribution in [1.82, 2.24) is 0 Å². The van der Waals surface area contributed by atoms with E-state index in [0.29, 0.717) is 19.3 Å². The van der Waals surface area contributed by atoms with E-state index in [-0.39, 0.29) is 31.1 Å². The zero-order chi connectivity index (χ0) is 56.4. The zero-order valence-corrected chi connectivity index (χ0v) is 51.4. The molecule has 0 amide bonds. The molecule has 0 saturated carbocycles. The predicted molar refractivity (Wildman–Crippen MR) is 339 cm³/mol. The minimum atomic E-state index is -0.782. The highest BCUT2D eigenvalue weighted by atomic mass is 16.6. The Morgan fingerprint density at radius 1 is 0.269 bits per heavy atom. The topological polar surface area (TPSA) is 78.9 Å². The Morgan fingerprint density at radius 3 is 0.782 bits per heavy atom. The molecule has 0 aliphatic rings. The number of allylic oxidation sites excluding steroid dienone is 16. The molecular weight excluding hydrogens is 961 g/mol. The van der Waals surface area contributed by atoms with Crippen LogP contribution in [0.5, 0.6) is 0 Å². The van der Waals surface area contributed by atoms with Crippen LogP contribution in [0.15, 0.2) is 97.2 Å². The number of carbonyl (C=O) groups excluding carboxylic acids is 3. The van der Waals surface area contributed by atoms with E-state index in [1.54, 1.807) is 0 Å². The van der Waals surface area contributed by atoms with Gasteiger partial charge in [0.05, 0.1) is 0 Å². The summed E-state index contributed by atoms with van der Waals surface area (Å²) in [4.78, 5) is 38.2. The molecule has 6 heteroatoms. The van der Waals surface area contributed by atoms with Crippen molar-refractivity contribution in [3.05, 3.63) is 97.2 Å². The van der Waals surface area contributed by atoms with E-state index >= 15 is 0 Å². The molecule has 0 fully saturated rings. The summed E-state index contributed by atoms with van der Waals surface area (Å²) in [6.07, 6.45) is 88.8. The van der Waals surface area contributed by atoms with Crippen LogP contribution in [0, 0.1) is 0 Å². The summed E-state index contributed by atoms with van der Waals surface area (Å²) in [5, 5.41) is 0. The van der Waals surface area contributed by atoms with Crippen LogP contribution in [0.25, 0.3) is 0 Å². The molecule has 0 aromatic rings. The molecule has 448 valence electrons. The monoisotopic (exact) mass is 1080 g/mol. The summed E-state index contributed by atoms with van der Waals surface area (Å²) < 4.78 is 16.9. The molecule has 78 heavy (non-hydrogen) atoms. The molecule has 0 bridgehead atoms. The van der Waals surface area contributed by atoms with Crippen molar-refractivity contribution < 1.29 is 28.6 Å². The predicted octanol–water partition coefficient (Wildman–Crippen LogP) is 22.8. The number of hydrogen-bond donors (Lipinski definition) is 0. The van der Waals surface area contributed by atoms with Crippen LogP contribution in [0.3, 0.4) is 0 Å². The normalized spacial score (nSPS) is 12.7. The van der Waals surface area contributed by atoms with Crippen molar-refractivity contribution >= 4 is 17.9 Å². The van der Waals surface area contributed by atoms with Crippen molar-refractivity contribution in [3.8, 4) is 0 Å². The minimum Gasteiger partial charge on any atom is -0.462 e. The largest absolute Gasteiger partial charge is 0.462 e. The SMILES string of the molecule is CC/C=C\C/C=C\C/C=C\C/C=C\C/C=C\CCCCCCCCCCCCCCCCCCCCCC(=O)OCC(COC(=O)CCCCCCCCCCCC)OC(=O)CCCCCCC/C=C\C/C=C\C/C=C\CC. The third kappa shape index (κ3) is 63.2. The van der Waals surface area contributed by atoms with E-state index in [2.05, 4.69) is 118 Å². The highest BCUT2D eigenvalue weighted by Gasteiger charge is 2.19. The van der Waals surface area contributed by atoms with Gasteiger partial charge in [-0.25, -0.2) is 0 Å². The van der Waals surface area contributed by atoms with Gasteiger partial charge in [0.15, 0.2) is 6.10 Å². The second-order valence-corrected chi connectivity index (χ2v) is 22.0. The Labute approximate surface area is 483 Å². The first-order chi connectivity index (χ1) is 38.5. The lowest BCUT2D eigenvalue weighted by molar-refractivity contribution is -0.167. The Kier molecular flexibility index (Phi) is 62.7. The van der Waals surface area contributed by atoms with Crippen LogP contribution in [-0.4, -0.2) is 37.2 Å². The lowest BCUT2D eigenvalue weighted by Gasteiger charge is -2.18. The quantitative estimate of drug-likeness (QED) is 0.0261. The molecule has 0 aliphatic heterocycles. The van der Waals surface area contributed by atoms with Gasteiger partial charge in [0.25, 0.3) is 0 Å². The second kappa shape index (κ2) is 65.8. The molecule has 0 N–H and O–H groups in total. The number of esters is 3. The minimum absolute atomic E-state index is 0.0795. The fraction of sp³-hybridized carbons (Fsp3) is 0.736. The molecule has 1 unspecified atom stereocenters. The third-order valence-corrected chi connectivity index (χ3v) is 14.3. The van der Waals surface area contributed by atoms with E-state index in [9.17, 15) is 14.4 Å². The maximum atomic E-state index is 12.9. The van der Waals surface area contributed by atoms with Gasteiger partial charge in [0, 0.05) is 19.3 Å². The van der Waals surface area contributed by atoms with Gasteiger partial charge in [-0.3, -0.25) is 14.4 Å². The standard InChI is InChI=1S/C72H124O6/c1-4-7-10-13-16-19-22-24-26-27-28-29-30-31-32-33-34-35-36-37-38-39-40-41-42-43-44-45-47-48-50-53-56-59-62-65-71(74)77-68-69(67-76-70(73)64-61-58-55-52-21-18-15-12-9-6-3)78-72(75)66-63-60-57-54-51-49-46-25-23-20-17-14-11-8-5-2/h7-8,10-11,16-17,19-20,24-26,28-29,31-32,46,69H,4-6,9,12-15,18,21-23,27,30,33-45,47-68H2,1-3H3/b10-7-,11-8-,19-16-,20-17-,26-24-,29-28-,32-31-,46-25-. The van der Waals surface area contributed by atoms with Crippen LogP contribution in [0.1, 0.15) is 323 Å². The first-order valence-electron chi connectivity index (χ1n) is 33.2. The molecule has 0 spiro atoms. The molecule has 0 heterocycles. The maximum absolute atomic E-state index is 12.9. The van der Waals surface area contributed by atoms with E-state index in [1.165, 1.54) is 154 Å². The number of rotatable bonds is 60. The van der Waals surface area contributed by atoms with Crippen molar-refractivity contribution in [2.24, 2.45) is 0 Å². The van der Waals surface area contributed by atoms with Crippen molar-refractivity contribution in [2.45, 2.75) is 329 Å². The lowest BCUT2D eigenvalue weighted by Crippen LogP contribution is -2.30. The smallest absolute Gasteiger partial charge is 0.306 e. The summed E-state index contributed by atoms with van der Waals surface area (Å²) in [7, 11) is 0. The molecule has 0 radical (unpaired) electrons. The molecule has 0 aliphatic carbocycles. The number of ether oxygens (including phenoxy) is 3. The zero-order valence-electron chi connectivity index (χ0n) is 51.4. The first-order valence-corrected chi connectivity index (χ1v) is 33.2. The highest BCUT2D eigenvalue weighted by Crippen LogP contribution is 2.17. The number of unbranched alkanes of at least 4 members (excludes halogenated alkanes) is 33. The Bertz CT molecular complexity index is 1530. The van der Waals surface area contributed by atoms with Gasteiger partial charge in [0.2, 0.25) is 0 Å². The molecule has 0 aromatic heterocycles. The summed E-state index contributed by atoms with van der Waals surface area (Å²) in [6, 6.07) is 0. The second-order valence-electron chi connectivity index (χ2n) is 22.0. The Balaban J connectivity index is 4.06. The van der Waals surface area contributed by atoms with Gasteiger partial charge in [0.1, 0.15) is 13.2 Å². The van der Waals surface area contributed by atoms with Crippen molar-refractivity contribution in [1.29, 1.82) is 0 Å². The summed E-state index contributed by atoms with van der Waals surface area (Å²) >= 11 is 0. The summed E-state index contributed by atoms with van der Waals surface area (Å²) in [6.45, 7) is 6.41. The maximum Gasteiger partial charge on any atom is 0.306 e. The molecule has 0 rings (SSSR count). The van der Waals surface area contributed by atoms with Crippen LogP contribution < -0.4 is 0 Å². The van der Waals surface area contributed by atoms with Crippen LogP contribution in [-0.2, 0) is 28.6 Å². The van der Waals surface area contributed by atoms with Gasteiger partial charge >= 0.3 is 17.9 Å². The Hall–Kier alpha value is -3.67. The van der Waals surface area contributed by atoms with Gasteiger partial charge in [-0.1, -0.05) is 304 Å². The average molecular weight is 1090 g/mol. The number of hydrogen-bond acceptors (Lipinski definition) is 6.